The summed E-state index contributed by atoms with van der Waals surface area (Å²) in [6, 6.07) is 0. The first-order valence-electron chi connectivity index (χ1n) is 5.99. The molecule has 2 unspecified atom stereocenters. The summed E-state index contributed by atoms with van der Waals surface area (Å²) in [5.41, 5.74) is 0. The monoisotopic (exact) mass is 246 g/mol. The highest BCUT2D eigenvalue weighted by Gasteiger charge is 2.47. The molecular formula is C13H17F3O. The number of ketones is 1. The van der Waals surface area contributed by atoms with Crippen LogP contribution >= 0.6 is 0 Å². The van der Waals surface area contributed by atoms with Crippen LogP contribution in [0.3, 0.4) is 0 Å². The van der Waals surface area contributed by atoms with Crippen LogP contribution in [0, 0.1) is 24.2 Å². The van der Waals surface area contributed by atoms with Crippen LogP contribution in [0.5, 0.6) is 0 Å². The van der Waals surface area contributed by atoms with Crippen molar-refractivity contribution in [1.29, 1.82) is 0 Å². The summed E-state index contributed by atoms with van der Waals surface area (Å²) in [6.45, 7) is 0. The predicted molar refractivity (Wildman–Crippen MR) is 59.2 cm³/mol. The van der Waals surface area contributed by atoms with Crippen LogP contribution in [0.2, 0.25) is 0 Å². The summed E-state index contributed by atoms with van der Waals surface area (Å²) >= 11 is 0. The van der Waals surface area contributed by atoms with E-state index in [1.807, 2.05) is 0 Å². The van der Waals surface area contributed by atoms with E-state index in [1.165, 1.54) is 0 Å². The molecule has 0 heterocycles. The number of rotatable bonds is 4. The Morgan fingerprint density at radius 2 is 1.94 bits per heavy atom. The van der Waals surface area contributed by atoms with Crippen LogP contribution < -0.4 is 0 Å². The van der Waals surface area contributed by atoms with Gasteiger partial charge in [0.1, 0.15) is 5.78 Å². The van der Waals surface area contributed by atoms with Crippen LogP contribution in [-0.4, -0.2) is 12.0 Å². The maximum absolute atomic E-state index is 12.8. The summed E-state index contributed by atoms with van der Waals surface area (Å²) < 4.78 is 38.3. The van der Waals surface area contributed by atoms with E-state index >= 15 is 0 Å². The minimum atomic E-state index is -4.24. The minimum absolute atomic E-state index is 0.0923. The second kappa shape index (κ2) is 6.09. The molecule has 0 aliphatic heterocycles. The molecular weight excluding hydrogens is 229 g/mol. The van der Waals surface area contributed by atoms with Gasteiger partial charge >= 0.3 is 6.18 Å². The van der Waals surface area contributed by atoms with Crippen molar-refractivity contribution in [3.05, 3.63) is 0 Å². The van der Waals surface area contributed by atoms with Crippen molar-refractivity contribution in [2.75, 3.05) is 0 Å². The molecule has 0 N–H and O–H groups in total. The van der Waals surface area contributed by atoms with Crippen molar-refractivity contribution >= 4 is 5.78 Å². The molecule has 0 aromatic carbocycles. The number of halogens is 3. The Balaban J connectivity index is 2.59. The molecule has 0 aromatic heterocycles. The maximum atomic E-state index is 12.8. The second-order valence-corrected chi connectivity index (χ2v) is 4.56. The van der Waals surface area contributed by atoms with Gasteiger partial charge in [-0.05, 0) is 19.3 Å². The van der Waals surface area contributed by atoms with Crippen molar-refractivity contribution in [2.45, 2.75) is 51.1 Å². The van der Waals surface area contributed by atoms with E-state index in [9.17, 15) is 18.0 Å². The number of alkyl halides is 3. The van der Waals surface area contributed by atoms with Gasteiger partial charge in [-0.2, -0.15) is 13.2 Å². The fourth-order valence-corrected chi connectivity index (χ4v) is 2.46. The third kappa shape index (κ3) is 4.07. The van der Waals surface area contributed by atoms with Gasteiger partial charge in [-0.25, -0.2) is 0 Å². The van der Waals surface area contributed by atoms with E-state index in [0.717, 1.165) is 6.42 Å². The van der Waals surface area contributed by atoms with Gasteiger partial charge in [0.25, 0.3) is 0 Å². The van der Waals surface area contributed by atoms with Crippen molar-refractivity contribution < 1.29 is 18.0 Å². The maximum Gasteiger partial charge on any atom is 0.392 e. The van der Waals surface area contributed by atoms with Gasteiger partial charge in [0.05, 0.1) is 5.92 Å². The fourth-order valence-electron chi connectivity index (χ4n) is 2.46. The zero-order valence-electron chi connectivity index (χ0n) is 9.72. The first kappa shape index (κ1) is 14.1. The smallest absolute Gasteiger partial charge is 0.299 e. The molecule has 0 aromatic rings. The SMILES string of the molecule is C#CCCCC(=O)C1CCCCC1C(F)(F)F. The number of terminal acetylenes is 1. The third-order valence-corrected chi connectivity index (χ3v) is 3.34. The lowest BCUT2D eigenvalue weighted by Gasteiger charge is -2.32. The quantitative estimate of drug-likeness (QED) is 0.545. The van der Waals surface area contributed by atoms with Gasteiger partial charge in [0, 0.05) is 18.8 Å². The van der Waals surface area contributed by atoms with E-state index in [-0.39, 0.29) is 18.6 Å². The van der Waals surface area contributed by atoms with Crippen LogP contribution in [0.4, 0.5) is 13.2 Å². The van der Waals surface area contributed by atoms with Crippen molar-refractivity contribution in [3.63, 3.8) is 0 Å². The molecule has 17 heavy (non-hydrogen) atoms. The Kier molecular flexibility index (Phi) is 5.04. The summed E-state index contributed by atoms with van der Waals surface area (Å²) in [5, 5.41) is 0. The molecule has 96 valence electrons. The number of carbonyl (C=O) groups excluding carboxylic acids is 1. The number of hydrogen-bond donors (Lipinski definition) is 0. The molecule has 1 fully saturated rings. The molecule has 1 saturated carbocycles. The molecule has 1 nitrogen and oxygen atoms in total. The van der Waals surface area contributed by atoms with Gasteiger partial charge in [-0.3, -0.25) is 4.79 Å². The summed E-state index contributed by atoms with van der Waals surface area (Å²) in [7, 11) is 0. The molecule has 0 bridgehead atoms. The first-order valence-corrected chi connectivity index (χ1v) is 5.99. The Labute approximate surface area is 99.8 Å². The highest BCUT2D eigenvalue weighted by molar-refractivity contribution is 5.81. The summed E-state index contributed by atoms with van der Waals surface area (Å²) in [5.74, 6) is -0.136. The minimum Gasteiger partial charge on any atom is -0.299 e. The van der Waals surface area contributed by atoms with Crippen molar-refractivity contribution in [3.8, 4) is 12.3 Å². The summed E-state index contributed by atoms with van der Waals surface area (Å²) in [4.78, 5) is 11.8. The standard InChI is InChI=1S/C13H17F3O/c1-2-3-4-9-12(17)10-7-5-6-8-11(10)13(14,15)16/h1,10-11H,3-9H2. The molecule has 1 rings (SSSR count). The zero-order chi connectivity index (χ0) is 12.9. The Morgan fingerprint density at radius 3 is 2.53 bits per heavy atom. The largest absolute Gasteiger partial charge is 0.392 e. The lowest BCUT2D eigenvalue weighted by Crippen LogP contribution is -2.37. The number of carbonyl (C=O) groups is 1. The van der Waals surface area contributed by atoms with Crippen molar-refractivity contribution in [2.24, 2.45) is 11.8 Å². The van der Waals surface area contributed by atoms with Gasteiger partial charge in [0.2, 0.25) is 0 Å². The van der Waals surface area contributed by atoms with E-state index in [0.29, 0.717) is 25.7 Å². The van der Waals surface area contributed by atoms with Crippen LogP contribution in [0.15, 0.2) is 0 Å². The Hall–Kier alpha value is -0.980. The fraction of sp³-hybridized carbons (Fsp3) is 0.769. The van der Waals surface area contributed by atoms with Crippen molar-refractivity contribution in [1.82, 2.24) is 0 Å². The van der Waals surface area contributed by atoms with E-state index in [1.54, 1.807) is 0 Å². The van der Waals surface area contributed by atoms with Gasteiger partial charge < -0.3 is 0 Å². The lowest BCUT2D eigenvalue weighted by molar-refractivity contribution is -0.197. The van der Waals surface area contributed by atoms with Gasteiger partial charge in [-0.15, -0.1) is 12.3 Å². The molecule has 1 aliphatic rings. The number of unbranched alkanes of at least 4 members (excludes halogenated alkanes) is 1. The average molecular weight is 246 g/mol. The molecule has 0 amide bonds. The normalized spacial score (nSPS) is 25.3. The van der Waals surface area contributed by atoms with E-state index in [4.69, 9.17) is 6.42 Å². The molecule has 1 aliphatic carbocycles. The average Bonchev–Trinajstić information content (AvgIpc) is 2.28. The second-order valence-electron chi connectivity index (χ2n) is 4.56. The molecule has 2 atom stereocenters. The molecule has 0 radical (unpaired) electrons. The highest BCUT2D eigenvalue weighted by atomic mass is 19.4. The Morgan fingerprint density at radius 1 is 1.29 bits per heavy atom. The predicted octanol–water partition coefficient (Wildman–Crippen LogP) is 3.73. The summed E-state index contributed by atoms with van der Waals surface area (Å²) in [6.07, 6.45) is 3.69. The number of Topliss-reactive ketones (excluding diaryl/α,β-unsaturated/α-hetero) is 1. The van der Waals surface area contributed by atoms with Crippen LogP contribution in [0.1, 0.15) is 44.9 Å². The lowest BCUT2D eigenvalue weighted by atomic mass is 9.75. The number of hydrogen-bond acceptors (Lipinski definition) is 1. The molecule has 4 heteroatoms. The van der Waals surface area contributed by atoms with Crippen LogP contribution in [-0.2, 0) is 4.79 Å². The van der Waals surface area contributed by atoms with E-state index < -0.39 is 18.0 Å². The zero-order valence-corrected chi connectivity index (χ0v) is 9.72. The third-order valence-electron chi connectivity index (χ3n) is 3.34. The van der Waals surface area contributed by atoms with E-state index in [2.05, 4.69) is 5.92 Å². The molecule has 0 saturated heterocycles. The molecule has 0 spiro atoms. The topological polar surface area (TPSA) is 17.1 Å². The van der Waals surface area contributed by atoms with Crippen LogP contribution in [0.25, 0.3) is 0 Å². The highest BCUT2D eigenvalue weighted by Crippen LogP contribution is 2.42. The van der Waals surface area contributed by atoms with Gasteiger partial charge in [-0.1, -0.05) is 12.8 Å². The first-order chi connectivity index (χ1) is 7.96. The van der Waals surface area contributed by atoms with Gasteiger partial charge in [0.15, 0.2) is 0 Å². The Bertz CT molecular complexity index is 301.